The van der Waals surface area contributed by atoms with E-state index in [-0.39, 0.29) is 17.3 Å². The smallest absolute Gasteiger partial charge is 0.339 e. The van der Waals surface area contributed by atoms with Gasteiger partial charge in [0.15, 0.2) is 5.75 Å². The zero-order chi connectivity index (χ0) is 15.4. The highest BCUT2D eigenvalue weighted by molar-refractivity contribution is 7.99. The summed E-state index contributed by atoms with van der Waals surface area (Å²) < 4.78 is 0. The fourth-order valence-electron chi connectivity index (χ4n) is 2.52. The maximum absolute atomic E-state index is 12.0. The number of aromatic hydroxyl groups is 1. The first kappa shape index (κ1) is 15.5. The number of anilines is 1. The number of carboxylic acid groups (broad SMARTS) is 1. The van der Waals surface area contributed by atoms with Crippen molar-refractivity contribution in [1.29, 1.82) is 0 Å². The van der Waals surface area contributed by atoms with E-state index in [0.29, 0.717) is 5.25 Å². The number of carbonyl (C=O) groups excluding carboxylic acids is 1. The van der Waals surface area contributed by atoms with Crippen molar-refractivity contribution in [2.45, 2.75) is 30.6 Å². The molecule has 1 saturated carbocycles. The van der Waals surface area contributed by atoms with Gasteiger partial charge in [0.05, 0.1) is 5.69 Å². The molecule has 1 aromatic carbocycles. The molecule has 2 amide bonds. The van der Waals surface area contributed by atoms with E-state index in [2.05, 4.69) is 10.6 Å². The van der Waals surface area contributed by atoms with E-state index >= 15 is 0 Å². The van der Waals surface area contributed by atoms with Crippen LogP contribution in [0.5, 0.6) is 5.75 Å². The molecular weight excluding hydrogens is 292 g/mol. The van der Waals surface area contributed by atoms with Crippen molar-refractivity contribution >= 4 is 29.4 Å². The molecule has 1 aliphatic rings. The number of hydrogen-bond acceptors (Lipinski definition) is 4. The SMILES string of the molecule is CSC1CCCC1NC(=O)Nc1cccc(C(=O)O)c1O. The Morgan fingerprint density at radius 2 is 2.10 bits per heavy atom. The predicted octanol–water partition coefficient (Wildman–Crippen LogP) is 2.50. The number of urea groups is 1. The zero-order valence-electron chi connectivity index (χ0n) is 11.6. The van der Waals surface area contributed by atoms with Gasteiger partial charge in [-0.2, -0.15) is 11.8 Å². The molecule has 0 heterocycles. The molecular formula is C14H18N2O4S. The number of hydrogen-bond donors (Lipinski definition) is 4. The van der Waals surface area contributed by atoms with Crippen LogP contribution in [0, 0.1) is 0 Å². The Bertz CT molecular complexity index is 550. The van der Waals surface area contributed by atoms with E-state index in [1.165, 1.54) is 18.2 Å². The molecule has 4 N–H and O–H groups in total. The topological polar surface area (TPSA) is 98.7 Å². The van der Waals surface area contributed by atoms with Gasteiger partial charge < -0.3 is 20.8 Å². The normalized spacial score (nSPS) is 21.0. The number of phenols is 1. The zero-order valence-corrected chi connectivity index (χ0v) is 12.4. The van der Waals surface area contributed by atoms with Gasteiger partial charge >= 0.3 is 12.0 Å². The third kappa shape index (κ3) is 3.60. The molecule has 1 fully saturated rings. The van der Waals surface area contributed by atoms with Gasteiger partial charge in [0, 0.05) is 11.3 Å². The summed E-state index contributed by atoms with van der Waals surface area (Å²) in [6.45, 7) is 0. The highest BCUT2D eigenvalue weighted by atomic mass is 32.2. The maximum Gasteiger partial charge on any atom is 0.339 e. The average molecular weight is 310 g/mol. The summed E-state index contributed by atoms with van der Waals surface area (Å²) in [5.74, 6) is -1.68. The summed E-state index contributed by atoms with van der Waals surface area (Å²) in [5, 5.41) is 24.5. The Morgan fingerprint density at radius 3 is 2.76 bits per heavy atom. The van der Waals surface area contributed by atoms with Crippen LogP contribution in [-0.4, -0.2) is 39.8 Å². The molecule has 2 rings (SSSR count). The fraction of sp³-hybridized carbons (Fsp3) is 0.429. The minimum absolute atomic E-state index is 0.0890. The van der Waals surface area contributed by atoms with Crippen LogP contribution in [-0.2, 0) is 0 Å². The number of benzene rings is 1. The Labute approximate surface area is 126 Å². The van der Waals surface area contributed by atoms with Crippen molar-refractivity contribution in [3.63, 3.8) is 0 Å². The first-order valence-electron chi connectivity index (χ1n) is 6.68. The van der Waals surface area contributed by atoms with Crippen LogP contribution in [0.4, 0.5) is 10.5 Å². The molecule has 1 aliphatic carbocycles. The van der Waals surface area contributed by atoms with E-state index in [4.69, 9.17) is 5.11 Å². The highest BCUT2D eigenvalue weighted by Gasteiger charge is 2.28. The van der Waals surface area contributed by atoms with E-state index in [1.54, 1.807) is 11.8 Å². The van der Waals surface area contributed by atoms with Gasteiger partial charge in [0.1, 0.15) is 5.56 Å². The lowest BCUT2D eigenvalue weighted by atomic mass is 10.1. The Hall–Kier alpha value is -1.89. The van der Waals surface area contributed by atoms with Crippen molar-refractivity contribution in [2.24, 2.45) is 0 Å². The minimum atomic E-state index is -1.24. The lowest BCUT2D eigenvalue weighted by molar-refractivity contribution is 0.0693. The van der Waals surface area contributed by atoms with Crippen LogP contribution in [0.25, 0.3) is 0 Å². The summed E-state index contributed by atoms with van der Waals surface area (Å²) in [6, 6.07) is 3.88. The fourth-order valence-corrected chi connectivity index (χ4v) is 3.45. The van der Waals surface area contributed by atoms with Gasteiger partial charge in [-0.3, -0.25) is 0 Å². The number of rotatable bonds is 4. The molecule has 0 aliphatic heterocycles. The van der Waals surface area contributed by atoms with Gasteiger partial charge in [-0.15, -0.1) is 0 Å². The van der Waals surface area contributed by atoms with Gasteiger partial charge in [0.25, 0.3) is 0 Å². The van der Waals surface area contributed by atoms with Crippen molar-refractivity contribution in [3.8, 4) is 5.75 Å². The second-order valence-electron chi connectivity index (χ2n) is 4.92. The number of para-hydroxylation sites is 1. The lowest BCUT2D eigenvalue weighted by Gasteiger charge is -2.19. The molecule has 0 spiro atoms. The second-order valence-corrected chi connectivity index (χ2v) is 5.99. The molecule has 1 aromatic rings. The summed E-state index contributed by atoms with van der Waals surface area (Å²) in [4.78, 5) is 22.9. The maximum atomic E-state index is 12.0. The monoisotopic (exact) mass is 310 g/mol. The number of aromatic carboxylic acids is 1. The second kappa shape index (κ2) is 6.71. The molecule has 0 saturated heterocycles. The lowest BCUT2D eigenvalue weighted by Crippen LogP contribution is -2.41. The van der Waals surface area contributed by atoms with Gasteiger partial charge in [-0.05, 0) is 31.2 Å². The van der Waals surface area contributed by atoms with E-state index in [0.717, 1.165) is 19.3 Å². The number of nitrogens with one attached hydrogen (secondary N) is 2. The van der Waals surface area contributed by atoms with Crippen LogP contribution in [0.2, 0.25) is 0 Å². The Morgan fingerprint density at radius 1 is 1.33 bits per heavy atom. The van der Waals surface area contributed by atoms with Crippen molar-refractivity contribution in [3.05, 3.63) is 23.8 Å². The van der Waals surface area contributed by atoms with E-state index in [1.807, 2.05) is 6.26 Å². The number of carbonyl (C=O) groups is 2. The molecule has 0 radical (unpaired) electrons. The van der Waals surface area contributed by atoms with E-state index < -0.39 is 17.7 Å². The van der Waals surface area contributed by atoms with Crippen LogP contribution in [0.1, 0.15) is 29.6 Å². The standard InChI is InChI=1S/C14H18N2O4S/c1-21-11-7-3-5-9(11)15-14(20)16-10-6-2-4-8(12(10)17)13(18)19/h2,4,6,9,11,17H,3,5,7H2,1H3,(H,18,19)(H2,15,16,20). The number of thioether (sulfide) groups is 1. The molecule has 6 nitrogen and oxygen atoms in total. The first-order valence-corrected chi connectivity index (χ1v) is 7.97. The summed E-state index contributed by atoms with van der Waals surface area (Å²) >= 11 is 1.73. The third-order valence-corrected chi connectivity index (χ3v) is 4.76. The van der Waals surface area contributed by atoms with Crippen molar-refractivity contribution in [2.75, 3.05) is 11.6 Å². The predicted molar refractivity (Wildman–Crippen MR) is 82.2 cm³/mol. The molecule has 2 unspecified atom stereocenters. The van der Waals surface area contributed by atoms with Gasteiger partial charge in [-0.25, -0.2) is 9.59 Å². The molecule has 7 heteroatoms. The first-order chi connectivity index (χ1) is 10.0. The number of carboxylic acids is 1. The quantitative estimate of drug-likeness (QED) is 0.640. The molecule has 0 aromatic heterocycles. The number of amides is 2. The van der Waals surface area contributed by atoms with E-state index in [9.17, 15) is 14.7 Å². The summed E-state index contributed by atoms with van der Waals surface area (Å²) in [7, 11) is 0. The Kier molecular flexibility index (Phi) is 4.95. The molecule has 114 valence electrons. The summed E-state index contributed by atoms with van der Waals surface area (Å²) in [6.07, 6.45) is 5.10. The Balaban J connectivity index is 2.03. The molecule has 21 heavy (non-hydrogen) atoms. The van der Waals surface area contributed by atoms with Crippen LogP contribution in [0.15, 0.2) is 18.2 Å². The largest absolute Gasteiger partial charge is 0.505 e. The van der Waals surface area contributed by atoms with Crippen molar-refractivity contribution < 1.29 is 19.8 Å². The van der Waals surface area contributed by atoms with Gasteiger partial charge in [0.2, 0.25) is 0 Å². The highest BCUT2D eigenvalue weighted by Crippen LogP contribution is 2.29. The van der Waals surface area contributed by atoms with Gasteiger partial charge in [-0.1, -0.05) is 12.5 Å². The average Bonchev–Trinajstić information content (AvgIpc) is 2.87. The van der Waals surface area contributed by atoms with Crippen LogP contribution in [0.3, 0.4) is 0 Å². The van der Waals surface area contributed by atoms with Crippen molar-refractivity contribution in [1.82, 2.24) is 5.32 Å². The minimum Gasteiger partial charge on any atom is -0.505 e. The van der Waals surface area contributed by atoms with Crippen LogP contribution >= 0.6 is 11.8 Å². The molecule has 0 bridgehead atoms. The third-order valence-electron chi connectivity index (χ3n) is 3.59. The summed E-state index contributed by atoms with van der Waals surface area (Å²) in [5.41, 5.74) is -0.151. The van der Waals surface area contributed by atoms with Crippen LogP contribution < -0.4 is 10.6 Å². The molecule has 2 atom stereocenters.